The lowest BCUT2D eigenvalue weighted by Crippen LogP contribution is -2.20. The van der Waals surface area contributed by atoms with E-state index in [1.165, 1.54) is 17.8 Å². The van der Waals surface area contributed by atoms with Crippen molar-refractivity contribution in [1.29, 1.82) is 0 Å². The minimum absolute atomic E-state index is 0.173. The fourth-order valence-electron chi connectivity index (χ4n) is 2.88. The fraction of sp³-hybridized carbons (Fsp3) is 0.438. The molecule has 1 aliphatic rings. The van der Waals surface area contributed by atoms with Gasteiger partial charge in [0.15, 0.2) is 0 Å². The third kappa shape index (κ3) is 4.48. The molecule has 1 aromatic heterocycles. The summed E-state index contributed by atoms with van der Waals surface area (Å²) in [4.78, 5) is 12.0. The van der Waals surface area contributed by atoms with Crippen molar-refractivity contribution >= 4 is 28.2 Å². The van der Waals surface area contributed by atoms with Crippen LogP contribution in [0.4, 0.5) is 33.2 Å². The van der Waals surface area contributed by atoms with Gasteiger partial charge in [0.2, 0.25) is 5.13 Å². The van der Waals surface area contributed by atoms with Crippen LogP contribution in [0.25, 0.3) is 0 Å². The topological polar surface area (TPSA) is 66.9 Å². The standard InChI is InChI=1S/C16H16F4N4OS/c17-12-7-6-10(8-11(12)16(18,19)20)21-14(25)22-15-24-23-13(26-15)9-4-2-1-3-5-9/h6-9H,1-5H2,(H2,21,22,24,25). The number of aromatic nitrogens is 2. The molecule has 0 spiro atoms. The van der Waals surface area contributed by atoms with Crippen LogP contribution in [-0.2, 0) is 6.18 Å². The summed E-state index contributed by atoms with van der Waals surface area (Å²) in [6.07, 6.45) is 0.721. The van der Waals surface area contributed by atoms with Crippen molar-refractivity contribution in [2.24, 2.45) is 0 Å². The van der Waals surface area contributed by atoms with Crippen molar-refractivity contribution < 1.29 is 22.4 Å². The van der Waals surface area contributed by atoms with Crippen LogP contribution in [-0.4, -0.2) is 16.2 Å². The number of urea groups is 1. The van der Waals surface area contributed by atoms with E-state index in [1.807, 2.05) is 0 Å². The van der Waals surface area contributed by atoms with Crippen molar-refractivity contribution in [3.63, 3.8) is 0 Å². The Morgan fingerprint density at radius 2 is 1.85 bits per heavy atom. The molecular weight excluding hydrogens is 372 g/mol. The Labute approximate surface area is 150 Å². The molecule has 1 fully saturated rings. The summed E-state index contributed by atoms with van der Waals surface area (Å²) in [6, 6.07) is 1.49. The molecule has 0 atom stereocenters. The molecule has 26 heavy (non-hydrogen) atoms. The number of amides is 2. The summed E-state index contributed by atoms with van der Waals surface area (Å²) < 4.78 is 51.4. The number of hydrogen-bond donors (Lipinski definition) is 2. The summed E-state index contributed by atoms with van der Waals surface area (Å²) in [5.74, 6) is -1.06. The van der Waals surface area contributed by atoms with E-state index in [0.717, 1.165) is 36.8 Å². The van der Waals surface area contributed by atoms with Gasteiger partial charge in [-0.2, -0.15) is 13.2 Å². The van der Waals surface area contributed by atoms with Gasteiger partial charge in [-0.05, 0) is 31.0 Å². The van der Waals surface area contributed by atoms with Gasteiger partial charge in [-0.15, -0.1) is 10.2 Å². The minimum Gasteiger partial charge on any atom is -0.308 e. The highest BCUT2D eigenvalue weighted by Crippen LogP contribution is 2.35. The quantitative estimate of drug-likeness (QED) is 0.693. The lowest BCUT2D eigenvalue weighted by molar-refractivity contribution is -0.139. The second kappa shape index (κ2) is 7.56. The first kappa shape index (κ1) is 18.6. The van der Waals surface area contributed by atoms with Crippen LogP contribution in [0.15, 0.2) is 18.2 Å². The van der Waals surface area contributed by atoms with Gasteiger partial charge < -0.3 is 5.32 Å². The van der Waals surface area contributed by atoms with Crippen LogP contribution in [0.3, 0.4) is 0 Å². The predicted octanol–water partition coefficient (Wildman–Crippen LogP) is 5.39. The molecule has 0 bridgehead atoms. The van der Waals surface area contributed by atoms with Gasteiger partial charge in [0.25, 0.3) is 0 Å². The molecule has 10 heteroatoms. The first-order valence-corrected chi connectivity index (χ1v) is 8.93. The molecule has 0 unspecified atom stereocenters. The largest absolute Gasteiger partial charge is 0.419 e. The van der Waals surface area contributed by atoms with Gasteiger partial charge in [0.1, 0.15) is 10.8 Å². The molecule has 3 rings (SSSR count). The summed E-state index contributed by atoms with van der Waals surface area (Å²) in [7, 11) is 0. The summed E-state index contributed by atoms with van der Waals surface area (Å²) in [5, 5.41) is 13.8. The molecule has 2 amide bonds. The van der Waals surface area contributed by atoms with E-state index >= 15 is 0 Å². The van der Waals surface area contributed by atoms with E-state index in [-0.39, 0.29) is 10.8 Å². The third-order valence-corrected chi connectivity index (χ3v) is 5.15. The monoisotopic (exact) mass is 388 g/mol. The Morgan fingerprint density at radius 3 is 2.54 bits per heavy atom. The van der Waals surface area contributed by atoms with Gasteiger partial charge in [0.05, 0.1) is 5.56 Å². The van der Waals surface area contributed by atoms with Gasteiger partial charge in [-0.25, -0.2) is 9.18 Å². The Morgan fingerprint density at radius 1 is 1.12 bits per heavy atom. The lowest BCUT2D eigenvalue weighted by atomic mass is 9.90. The average molecular weight is 388 g/mol. The molecule has 0 radical (unpaired) electrons. The van der Waals surface area contributed by atoms with E-state index in [2.05, 4.69) is 20.8 Å². The number of nitrogens with one attached hydrogen (secondary N) is 2. The second-order valence-electron chi connectivity index (χ2n) is 6.05. The van der Waals surface area contributed by atoms with E-state index < -0.39 is 23.6 Å². The smallest absolute Gasteiger partial charge is 0.308 e. The molecule has 1 aromatic carbocycles. The van der Waals surface area contributed by atoms with E-state index in [9.17, 15) is 22.4 Å². The number of anilines is 2. The van der Waals surface area contributed by atoms with Gasteiger partial charge in [0, 0.05) is 11.6 Å². The summed E-state index contributed by atoms with van der Waals surface area (Å²) in [6.45, 7) is 0. The van der Waals surface area contributed by atoms with Crippen LogP contribution in [0, 0.1) is 5.82 Å². The SMILES string of the molecule is O=C(Nc1ccc(F)c(C(F)(F)F)c1)Nc1nnc(C2CCCCC2)s1. The Bertz CT molecular complexity index is 787. The van der Waals surface area contributed by atoms with Crippen molar-refractivity contribution in [3.8, 4) is 0 Å². The average Bonchev–Trinajstić information content (AvgIpc) is 3.05. The highest BCUT2D eigenvalue weighted by Gasteiger charge is 2.34. The van der Waals surface area contributed by atoms with Crippen molar-refractivity contribution in [3.05, 3.63) is 34.6 Å². The highest BCUT2D eigenvalue weighted by molar-refractivity contribution is 7.15. The van der Waals surface area contributed by atoms with Crippen LogP contribution < -0.4 is 10.6 Å². The molecule has 0 aliphatic heterocycles. The van der Waals surface area contributed by atoms with Crippen LogP contribution in [0.2, 0.25) is 0 Å². The van der Waals surface area contributed by atoms with Crippen molar-refractivity contribution in [1.82, 2.24) is 10.2 Å². The molecule has 1 saturated carbocycles. The third-order valence-electron chi connectivity index (χ3n) is 4.15. The van der Waals surface area contributed by atoms with E-state index in [1.54, 1.807) is 0 Å². The number of benzene rings is 1. The van der Waals surface area contributed by atoms with E-state index in [0.29, 0.717) is 18.1 Å². The van der Waals surface area contributed by atoms with Crippen LogP contribution in [0.1, 0.15) is 48.6 Å². The predicted molar refractivity (Wildman–Crippen MR) is 89.8 cm³/mol. The molecule has 1 heterocycles. The zero-order valence-corrected chi connectivity index (χ0v) is 14.4. The number of rotatable bonds is 3. The Kier molecular flexibility index (Phi) is 5.40. The number of hydrogen-bond acceptors (Lipinski definition) is 4. The number of halogens is 4. The second-order valence-corrected chi connectivity index (χ2v) is 7.06. The van der Waals surface area contributed by atoms with Crippen molar-refractivity contribution in [2.45, 2.75) is 44.2 Å². The maximum absolute atomic E-state index is 13.3. The normalized spacial score (nSPS) is 15.7. The van der Waals surface area contributed by atoms with Crippen LogP contribution >= 0.6 is 11.3 Å². The lowest BCUT2D eigenvalue weighted by Gasteiger charge is -2.18. The van der Waals surface area contributed by atoms with E-state index in [4.69, 9.17) is 0 Å². The maximum Gasteiger partial charge on any atom is 0.419 e. The molecule has 2 N–H and O–H groups in total. The highest BCUT2D eigenvalue weighted by atomic mass is 32.1. The fourth-order valence-corrected chi connectivity index (χ4v) is 3.79. The number of carbonyl (C=O) groups excluding carboxylic acids is 1. The number of carbonyl (C=O) groups is 1. The minimum atomic E-state index is -4.84. The molecule has 1 aliphatic carbocycles. The van der Waals surface area contributed by atoms with Gasteiger partial charge >= 0.3 is 12.2 Å². The molecular formula is C16H16F4N4OS. The molecule has 2 aromatic rings. The number of alkyl halides is 3. The Balaban J connectivity index is 1.63. The van der Waals surface area contributed by atoms with Gasteiger partial charge in [-0.3, -0.25) is 5.32 Å². The zero-order valence-electron chi connectivity index (χ0n) is 13.6. The number of nitrogens with zero attached hydrogens (tertiary/aromatic N) is 2. The molecule has 5 nitrogen and oxygen atoms in total. The summed E-state index contributed by atoms with van der Waals surface area (Å²) >= 11 is 1.25. The molecule has 140 valence electrons. The van der Waals surface area contributed by atoms with Crippen LogP contribution in [0.5, 0.6) is 0 Å². The first-order chi connectivity index (χ1) is 12.3. The van der Waals surface area contributed by atoms with Gasteiger partial charge in [-0.1, -0.05) is 30.6 Å². The summed E-state index contributed by atoms with van der Waals surface area (Å²) in [5.41, 5.74) is -1.61. The maximum atomic E-state index is 13.3. The molecule has 0 saturated heterocycles. The zero-order chi connectivity index (χ0) is 18.7. The first-order valence-electron chi connectivity index (χ1n) is 8.11. The Hall–Kier alpha value is -2.23. The van der Waals surface area contributed by atoms with Crippen molar-refractivity contribution in [2.75, 3.05) is 10.6 Å².